The van der Waals surface area contributed by atoms with Gasteiger partial charge in [0, 0.05) is 13.2 Å². The van der Waals surface area contributed by atoms with Crippen LogP contribution in [0.15, 0.2) is 35.3 Å². The zero-order chi connectivity index (χ0) is 16.4. The highest BCUT2D eigenvalue weighted by Crippen LogP contribution is 2.32. The fraction of sp³-hybridized carbons (Fsp3) is 0.312. The van der Waals surface area contributed by atoms with Gasteiger partial charge >= 0.3 is 5.69 Å². The summed E-state index contributed by atoms with van der Waals surface area (Å²) in [5.41, 5.74) is -0.204. The molecule has 1 aliphatic carbocycles. The van der Waals surface area contributed by atoms with Gasteiger partial charge in [-0.1, -0.05) is 17.7 Å². The average Bonchev–Trinajstić information content (AvgIpc) is 3.33. The molecule has 0 radical (unpaired) electrons. The molecule has 0 bridgehead atoms. The molecule has 1 amide bonds. The number of amides is 1. The molecular formula is C16H16ClN3O3. The number of aromatic nitrogens is 2. The zero-order valence-electron chi connectivity index (χ0n) is 12.6. The molecule has 0 spiro atoms. The van der Waals surface area contributed by atoms with Crippen molar-refractivity contribution in [2.45, 2.75) is 12.8 Å². The van der Waals surface area contributed by atoms with E-state index in [9.17, 15) is 9.59 Å². The third-order valence-electron chi connectivity index (χ3n) is 3.59. The highest BCUT2D eigenvalue weighted by Gasteiger charge is 2.24. The Morgan fingerprint density at radius 1 is 1.43 bits per heavy atom. The van der Waals surface area contributed by atoms with E-state index in [2.05, 4.69) is 10.3 Å². The van der Waals surface area contributed by atoms with Gasteiger partial charge < -0.3 is 14.6 Å². The van der Waals surface area contributed by atoms with Gasteiger partial charge in [-0.3, -0.25) is 4.79 Å². The molecule has 0 aliphatic heterocycles. The lowest BCUT2D eigenvalue weighted by Gasteiger charge is -2.12. The van der Waals surface area contributed by atoms with Crippen LogP contribution in [0.3, 0.4) is 0 Å². The number of carbonyl (C=O) groups excluding carboxylic acids is 1. The van der Waals surface area contributed by atoms with Gasteiger partial charge in [0.05, 0.1) is 11.6 Å². The van der Waals surface area contributed by atoms with Gasteiger partial charge in [0.15, 0.2) is 0 Å². The van der Waals surface area contributed by atoms with Crippen LogP contribution in [0.25, 0.3) is 0 Å². The van der Waals surface area contributed by atoms with Crippen LogP contribution in [0.1, 0.15) is 23.2 Å². The third-order valence-corrected chi connectivity index (χ3v) is 3.90. The summed E-state index contributed by atoms with van der Waals surface area (Å²) in [7, 11) is 1.58. The molecule has 1 heterocycles. The number of ether oxygens (including phenoxy) is 1. The van der Waals surface area contributed by atoms with Gasteiger partial charge in [0.25, 0.3) is 5.91 Å². The van der Waals surface area contributed by atoms with E-state index in [0.29, 0.717) is 23.3 Å². The standard InChI is InChI=1S/C16H16ClN3O3/c1-20-8-7-13(19-16(20)22)18-15(21)14-11(17)3-2-4-12(14)23-9-10-5-6-10/h2-4,7-8,10H,5-6,9H2,1H3,(H,18,19,21,22). The minimum atomic E-state index is -0.456. The molecule has 1 fully saturated rings. The molecule has 1 N–H and O–H groups in total. The van der Waals surface area contributed by atoms with E-state index >= 15 is 0 Å². The Labute approximate surface area is 138 Å². The Morgan fingerprint density at radius 2 is 2.22 bits per heavy atom. The topological polar surface area (TPSA) is 73.2 Å². The molecule has 2 aromatic rings. The highest BCUT2D eigenvalue weighted by molar-refractivity contribution is 6.34. The van der Waals surface area contributed by atoms with Gasteiger partial charge in [-0.05, 0) is 37.0 Å². The van der Waals surface area contributed by atoms with Crippen LogP contribution in [0.5, 0.6) is 5.75 Å². The number of aryl methyl sites for hydroxylation is 1. The second-order valence-electron chi connectivity index (χ2n) is 5.53. The first-order valence-electron chi connectivity index (χ1n) is 7.31. The lowest BCUT2D eigenvalue weighted by molar-refractivity contribution is 0.102. The molecular weight excluding hydrogens is 318 g/mol. The van der Waals surface area contributed by atoms with E-state index in [1.54, 1.807) is 31.3 Å². The maximum Gasteiger partial charge on any atom is 0.349 e. The number of halogens is 1. The Hall–Kier alpha value is -2.34. The van der Waals surface area contributed by atoms with Crippen LogP contribution >= 0.6 is 11.6 Å². The number of anilines is 1. The van der Waals surface area contributed by atoms with Crippen molar-refractivity contribution in [1.82, 2.24) is 9.55 Å². The molecule has 120 valence electrons. The summed E-state index contributed by atoms with van der Waals surface area (Å²) in [4.78, 5) is 27.8. The first-order chi connectivity index (χ1) is 11.0. The van der Waals surface area contributed by atoms with Gasteiger partial charge in [-0.15, -0.1) is 0 Å². The Bertz CT molecular complexity index is 799. The lowest BCUT2D eigenvalue weighted by atomic mass is 10.2. The molecule has 7 heteroatoms. The maximum atomic E-state index is 12.5. The number of nitrogens with zero attached hydrogens (tertiary/aromatic N) is 2. The predicted octanol–water partition coefficient (Wildman–Crippen LogP) is 2.47. The van der Waals surface area contributed by atoms with Crippen LogP contribution in [0.4, 0.5) is 5.82 Å². The molecule has 0 unspecified atom stereocenters. The van der Waals surface area contributed by atoms with Crippen LogP contribution in [-0.4, -0.2) is 22.1 Å². The van der Waals surface area contributed by atoms with Crippen molar-refractivity contribution in [3.05, 3.63) is 51.5 Å². The molecule has 0 saturated heterocycles. The van der Waals surface area contributed by atoms with Gasteiger partial charge in [0.1, 0.15) is 17.1 Å². The van der Waals surface area contributed by atoms with Crippen molar-refractivity contribution in [3.8, 4) is 5.75 Å². The summed E-state index contributed by atoms with van der Waals surface area (Å²) in [6, 6.07) is 6.61. The maximum absolute atomic E-state index is 12.5. The van der Waals surface area contributed by atoms with E-state index in [-0.39, 0.29) is 11.4 Å². The largest absolute Gasteiger partial charge is 0.492 e. The smallest absolute Gasteiger partial charge is 0.349 e. The predicted molar refractivity (Wildman–Crippen MR) is 87.1 cm³/mol. The highest BCUT2D eigenvalue weighted by atomic mass is 35.5. The fourth-order valence-corrected chi connectivity index (χ4v) is 2.30. The summed E-state index contributed by atoms with van der Waals surface area (Å²) in [5, 5.41) is 2.87. The minimum absolute atomic E-state index is 0.172. The number of rotatable bonds is 5. The number of carbonyl (C=O) groups is 1. The second kappa shape index (κ2) is 6.42. The molecule has 6 nitrogen and oxygen atoms in total. The summed E-state index contributed by atoms with van der Waals surface area (Å²) in [6.45, 7) is 0.574. The average molecular weight is 334 g/mol. The molecule has 23 heavy (non-hydrogen) atoms. The van der Waals surface area contributed by atoms with Crippen LogP contribution in [0, 0.1) is 5.92 Å². The van der Waals surface area contributed by atoms with Crippen LogP contribution < -0.4 is 15.7 Å². The number of nitrogens with one attached hydrogen (secondary N) is 1. The summed E-state index contributed by atoms with van der Waals surface area (Å²) in [5.74, 6) is 0.711. The quantitative estimate of drug-likeness (QED) is 0.912. The zero-order valence-corrected chi connectivity index (χ0v) is 13.3. The Balaban J connectivity index is 1.82. The molecule has 1 aromatic carbocycles. The van der Waals surface area contributed by atoms with Crippen molar-refractivity contribution < 1.29 is 9.53 Å². The normalized spacial score (nSPS) is 13.7. The fourth-order valence-electron chi connectivity index (χ4n) is 2.05. The van der Waals surface area contributed by atoms with Crippen LogP contribution in [-0.2, 0) is 7.05 Å². The first-order valence-corrected chi connectivity index (χ1v) is 7.68. The minimum Gasteiger partial charge on any atom is -0.492 e. The SMILES string of the molecule is Cn1ccc(NC(=O)c2c(Cl)cccc2OCC2CC2)nc1=O. The number of hydrogen-bond acceptors (Lipinski definition) is 4. The summed E-state index contributed by atoms with van der Waals surface area (Å²) < 4.78 is 7.03. The molecule has 0 atom stereocenters. The van der Waals surface area contributed by atoms with E-state index < -0.39 is 11.6 Å². The van der Waals surface area contributed by atoms with E-state index in [1.807, 2.05) is 0 Å². The third kappa shape index (κ3) is 3.71. The van der Waals surface area contributed by atoms with Crippen molar-refractivity contribution in [2.24, 2.45) is 13.0 Å². The van der Waals surface area contributed by atoms with E-state index in [1.165, 1.54) is 10.8 Å². The van der Waals surface area contributed by atoms with Crippen molar-refractivity contribution in [2.75, 3.05) is 11.9 Å². The van der Waals surface area contributed by atoms with Crippen molar-refractivity contribution in [1.29, 1.82) is 0 Å². The molecule has 1 saturated carbocycles. The number of benzene rings is 1. The van der Waals surface area contributed by atoms with Gasteiger partial charge in [-0.25, -0.2) is 4.79 Å². The van der Waals surface area contributed by atoms with Gasteiger partial charge in [-0.2, -0.15) is 4.98 Å². The van der Waals surface area contributed by atoms with Gasteiger partial charge in [0.2, 0.25) is 0 Å². The number of hydrogen-bond donors (Lipinski definition) is 1. The van der Waals surface area contributed by atoms with Crippen molar-refractivity contribution >= 4 is 23.3 Å². The van der Waals surface area contributed by atoms with E-state index in [0.717, 1.165) is 12.8 Å². The van der Waals surface area contributed by atoms with E-state index in [4.69, 9.17) is 16.3 Å². The summed E-state index contributed by atoms with van der Waals surface area (Å²) in [6.07, 6.45) is 3.83. The van der Waals surface area contributed by atoms with Crippen LogP contribution in [0.2, 0.25) is 5.02 Å². The Kier molecular flexibility index (Phi) is 4.34. The van der Waals surface area contributed by atoms with Crippen molar-refractivity contribution in [3.63, 3.8) is 0 Å². The molecule has 1 aromatic heterocycles. The lowest BCUT2D eigenvalue weighted by Crippen LogP contribution is -2.23. The summed E-state index contributed by atoms with van der Waals surface area (Å²) >= 11 is 6.15. The monoisotopic (exact) mass is 333 g/mol. The molecule has 1 aliphatic rings. The second-order valence-corrected chi connectivity index (χ2v) is 5.93. The Morgan fingerprint density at radius 3 is 2.91 bits per heavy atom. The molecule has 3 rings (SSSR count). The first kappa shape index (κ1) is 15.6.